The lowest BCUT2D eigenvalue weighted by atomic mass is 10.2. The number of amides is 1. The molecule has 3 aromatic rings. The number of ether oxygens (including phenoxy) is 3. The first kappa shape index (κ1) is 18.8. The van der Waals surface area contributed by atoms with Crippen molar-refractivity contribution < 1.29 is 23.4 Å². The second-order valence-corrected chi connectivity index (χ2v) is 6.07. The second kappa shape index (κ2) is 7.71. The molecule has 0 atom stereocenters. The van der Waals surface area contributed by atoms with Gasteiger partial charge in [0, 0.05) is 17.7 Å². The highest BCUT2D eigenvalue weighted by Gasteiger charge is 2.17. The highest BCUT2D eigenvalue weighted by Crippen LogP contribution is 2.37. The number of aromatic nitrogens is 2. The molecule has 1 aromatic carbocycles. The average Bonchev–Trinajstić information content (AvgIpc) is 2.96. The number of carbonyl (C=O) groups is 1. The Morgan fingerprint density at radius 1 is 1.22 bits per heavy atom. The fraction of sp³-hybridized carbons (Fsp3) is 0.278. The van der Waals surface area contributed by atoms with Crippen molar-refractivity contribution >= 4 is 34.3 Å². The van der Waals surface area contributed by atoms with Crippen molar-refractivity contribution in [1.29, 1.82) is 0 Å². The summed E-state index contributed by atoms with van der Waals surface area (Å²) >= 11 is 6.21. The van der Waals surface area contributed by atoms with E-state index in [4.69, 9.17) is 30.2 Å². The molecule has 0 bridgehead atoms. The molecule has 1 amide bonds. The summed E-state index contributed by atoms with van der Waals surface area (Å²) < 4.78 is 21.5. The molecule has 0 saturated carbocycles. The van der Waals surface area contributed by atoms with E-state index >= 15 is 0 Å². The van der Waals surface area contributed by atoms with E-state index in [9.17, 15) is 4.79 Å². The van der Waals surface area contributed by atoms with Crippen LogP contribution in [0, 0.1) is 13.8 Å². The SMILES string of the molecule is COc1cc(Cl)c(NC(=O)COc2ncnc3oc(C)c(C)c23)c(OC)c1. The molecular weight excluding hydrogens is 374 g/mol. The lowest BCUT2D eigenvalue weighted by Crippen LogP contribution is -2.21. The van der Waals surface area contributed by atoms with Crippen LogP contribution in [0.2, 0.25) is 5.02 Å². The molecule has 142 valence electrons. The van der Waals surface area contributed by atoms with Crippen LogP contribution in [0.4, 0.5) is 5.69 Å². The Balaban J connectivity index is 1.76. The van der Waals surface area contributed by atoms with Gasteiger partial charge in [-0.25, -0.2) is 9.97 Å². The van der Waals surface area contributed by atoms with E-state index in [1.807, 2.05) is 13.8 Å². The van der Waals surface area contributed by atoms with Crippen molar-refractivity contribution in [3.63, 3.8) is 0 Å². The predicted molar refractivity (Wildman–Crippen MR) is 100.0 cm³/mol. The van der Waals surface area contributed by atoms with E-state index in [-0.39, 0.29) is 17.5 Å². The van der Waals surface area contributed by atoms with Gasteiger partial charge in [0.05, 0.1) is 19.2 Å². The number of anilines is 1. The summed E-state index contributed by atoms with van der Waals surface area (Å²) in [5.41, 5.74) is 1.60. The topological polar surface area (TPSA) is 95.7 Å². The van der Waals surface area contributed by atoms with Gasteiger partial charge in [-0.15, -0.1) is 0 Å². The molecule has 1 N–H and O–H groups in total. The minimum Gasteiger partial charge on any atom is -0.497 e. The van der Waals surface area contributed by atoms with Crippen molar-refractivity contribution in [3.8, 4) is 17.4 Å². The van der Waals surface area contributed by atoms with Gasteiger partial charge in [-0.05, 0) is 13.8 Å². The van der Waals surface area contributed by atoms with Gasteiger partial charge in [-0.3, -0.25) is 4.79 Å². The number of hydrogen-bond acceptors (Lipinski definition) is 7. The largest absolute Gasteiger partial charge is 0.497 e. The van der Waals surface area contributed by atoms with Crippen LogP contribution >= 0.6 is 11.6 Å². The Labute approximate surface area is 160 Å². The maximum absolute atomic E-state index is 12.3. The number of hydrogen-bond donors (Lipinski definition) is 1. The molecule has 0 aliphatic heterocycles. The van der Waals surface area contributed by atoms with Crippen LogP contribution in [-0.2, 0) is 4.79 Å². The summed E-state index contributed by atoms with van der Waals surface area (Å²) in [4.78, 5) is 20.5. The van der Waals surface area contributed by atoms with Crippen LogP contribution < -0.4 is 19.5 Å². The molecule has 0 fully saturated rings. The number of carbonyl (C=O) groups excluding carboxylic acids is 1. The van der Waals surface area contributed by atoms with Crippen LogP contribution in [-0.4, -0.2) is 36.7 Å². The maximum atomic E-state index is 12.3. The van der Waals surface area contributed by atoms with Crippen molar-refractivity contribution in [2.75, 3.05) is 26.1 Å². The van der Waals surface area contributed by atoms with Crippen molar-refractivity contribution in [2.24, 2.45) is 0 Å². The summed E-state index contributed by atoms with van der Waals surface area (Å²) in [5.74, 6) is 1.45. The minimum atomic E-state index is -0.426. The molecule has 0 aliphatic rings. The first-order chi connectivity index (χ1) is 12.9. The normalized spacial score (nSPS) is 10.7. The third-order valence-corrected chi connectivity index (χ3v) is 4.32. The quantitative estimate of drug-likeness (QED) is 0.686. The Morgan fingerprint density at radius 3 is 2.70 bits per heavy atom. The summed E-state index contributed by atoms with van der Waals surface area (Å²) in [6.45, 7) is 3.42. The molecule has 0 saturated heterocycles. The number of nitrogens with zero attached hydrogens (tertiary/aromatic N) is 2. The summed E-state index contributed by atoms with van der Waals surface area (Å²) in [7, 11) is 2.98. The summed E-state index contributed by atoms with van der Waals surface area (Å²) in [6.07, 6.45) is 1.32. The fourth-order valence-electron chi connectivity index (χ4n) is 2.53. The van der Waals surface area contributed by atoms with Crippen molar-refractivity contribution in [2.45, 2.75) is 13.8 Å². The molecule has 9 heteroatoms. The summed E-state index contributed by atoms with van der Waals surface area (Å²) in [6, 6.07) is 3.19. The molecule has 8 nitrogen and oxygen atoms in total. The molecular formula is C18H18ClN3O5. The fourth-order valence-corrected chi connectivity index (χ4v) is 2.77. The van der Waals surface area contributed by atoms with Crippen LogP contribution in [0.5, 0.6) is 17.4 Å². The molecule has 2 aromatic heterocycles. The molecule has 0 unspecified atom stereocenters. The van der Waals surface area contributed by atoms with E-state index in [0.717, 1.165) is 11.3 Å². The number of fused-ring (bicyclic) bond motifs is 1. The average molecular weight is 392 g/mol. The predicted octanol–water partition coefficient (Wildman–Crippen LogP) is 3.53. The van der Waals surface area contributed by atoms with Crippen LogP contribution in [0.3, 0.4) is 0 Å². The molecule has 0 radical (unpaired) electrons. The van der Waals surface area contributed by atoms with Crippen LogP contribution in [0.25, 0.3) is 11.1 Å². The van der Waals surface area contributed by atoms with Gasteiger partial charge >= 0.3 is 0 Å². The lowest BCUT2D eigenvalue weighted by Gasteiger charge is -2.14. The third-order valence-electron chi connectivity index (χ3n) is 4.02. The first-order valence-corrected chi connectivity index (χ1v) is 8.37. The molecule has 0 aliphatic carbocycles. The monoisotopic (exact) mass is 391 g/mol. The zero-order chi connectivity index (χ0) is 19.6. The maximum Gasteiger partial charge on any atom is 0.262 e. The molecule has 27 heavy (non-hydrogen) atoms. The molecule has 3 rings (SSSR count). The number of methoxy groups -OCH3 is 2. The highest BCUT2D eigenvalue weighted by molar-refractivity contribution is 6.34. The van der Waals surface area contributed by atoms with E-state index in [0.29, 0.717) is 28.3 Å². The first-order valence-electron chi connectivity index (χ1n) is 7.99. The van der Waals surface area contributed by atoms with E-state index in [1.54, 1.807) is 12.1 Å². The van der Waals surface area contributed by atoms with Gasteiger partial charge < -0.3 is 23.9 Å². The number of rotatable bonds is 6. The van der Waals surface area contributed by atoms with Crippen molar-refractivity contribution in [1.82, 2.24) is 9.97 Å². The zero-order valence-electron chi connectivity index (χ0n) is 15.3. The standard InChI is InChI=1S/C18H18ClN3O5/c1-9-10(2)27-18-15(9)17(20-8-21-18)26-7-14(23)22-16-12(19)5-11(24-3)6-13(16)25-4/h5-6,8H,7H2,1-4H3,(H,22,23). The van der Waals surface area contributed by atoms with E-state index < -0.39 is 5.91 Å². The summed E-state index contributed by atoms with van der Waals surface area (Å²) in [5, 5.41) is 3.60. The lowest BCUT2D eigenvalue weighted by molar-refractivity contribution is -0.118. The van der Waals surface area contributed by atoms with Crippen LogP contribution in [0.1, 0.15) is 11.3 Å². The Hall–Kier alpha value is -3.00. The highest BCUT2D eigenvalue weighted by atomic mass is 35.5. The van der Waals surface area contributed by atoms with Gasteiger partial charge in [0.15, 0.2) is 6.61 Å². The smallest absolute Gasteiger partial charge is 0.262 e. The van der Waals surface area contributed by atoms with Gasteiger partial charge in [0.2, 0.25) is 11.6 Å². The molecule has 0 spiro atoms. The van der Waals surface area contributed by atoms with Gasteiger partial charge in [0.1, 0.15) is 34.7 Å². The Kier molecular flexibility index (Phi) is 5.36. The van der Waals surface area contributed by atoms with Crippen LogP contribution in [0.15, 0.2) is 22.9 Å². The number of nitrogens with one attached hydrogen (secondary N) is 1. The Morgan fingerprint density at radius 2 is 2.00 bits per heavy atom. The third kappa shape index (κ3) is 3.75. The Bertz CT molecular complexity index is 1000. The number of furan rings is 1. The molecule has 2 heterocycles. The van der Waals surface area contributed by atoms with Gasteiger partial charge in [-0.1, -0.05) is 11.6 Å². The van der Waals surface area contributed by atoms with Gasteiger partial charge in [-0.2, -0.15) is 0 Å². The second-order valence-electron chi connectivity index (χ2n) is 5.67. The van der Waals surface area contributed by atoms with E-state index in [1.165, 1.54) is 20.5 Å². The number of aryl methyl sites for hydroxylation is 2. The number of benzene rings is 1. The minimum absolute atomic E-state index is 0.275. The van der Waals surface area contributed by atoms with Crippen molar-refractivity contribution in [3.05, 3.63) is 34.8 Å². The number of halogens is 1. The zero-order valence-corrected chi connectivity index (χ0v) is 16.0. The van der Waals surface area contributed by atoms with Gasteiger partial charge in [0.25, 0.3) is 5.91 Å². The van der Waals surface area contributed by atoms with E-state index in [2.05, 4.69) is 15.3 Å².